The predicted molar refractivity (Wildman–Crippen MR) is 76.4 cm³/mol. The number of aromatic nitrogens is 1. The van der Waals surface area contributed by atoms with Crippen LogP contribution in [0.3, 0.4) is 0 Å². The minimum Gasteiger partial charge on any atom is -0.337 e. The summed E-state index contributed by atoms with van der Waals surface area (Å²) in [4.78, 5) is 18.0. The molecule has 0 aliphatic carbocycles. The van der Waals surface area contributed by atoms with Gasteiger partial charge < -0.3 is 10.6 Å². The van der Waals surface area contributed by atoms with Gasteiger partial charge in [-0.25, -0.2) is 0 Å². The number of likely N-dealkylation sites (tertiary alicyclic amines) is 1. The molecule has 1 amide bonds. The van der Waals surface area contributed by atoms with E-state index in [1.165, 1.54) is 0 Å². The monoisotopic (exact) mass is 291 g/mol. The van der Waals surface area contributed by atoms with Gasteiger partial charge in [-0.2, -0.15) is 0 Å². The molecule has 2 atom stereocenters. The van der Waals surface area contributed by atoms with Gasteiger partial charge in [0.2, 0.25) is 0 Å². The molecule has 0 aromatic carbocycles. The van der Waals surface area contributed by atoms with Crippen molar-refractivity contribution >= 4 is 30.7 Å². The van der Waals surface area contributed by atoms with Crippen LogP contribution in [0.4, 0.5) is 0 Å². The van der Waals surface area contributed by atoms with Gasteiger partial charge in [0.1, 0.15) is 5.69 Å². The fourth-order valence-corrected chi connectivity index (χ4v) is 2.00. The van der Waals surface area contributed by atoms with Gasteiger partial charge in [0.15, 0.2) is 0 Å². The van der Waals surface area contributed by atoms with Gasteiger partial charge in [-0.3, -0.25) is 9.78 Å². The summed E-state index contributed by atoms with van der Waals surface area (Å²) in [5.41, 5.74) is 6.44. The molecule has 0 radical (unpaired) electrons. The van der Waals surface area contributed by atoms with E-state index in [1.54, 1.807) is 12.3 Å². The minimum atomic E-state index is 0. The highest BCUT2D eigenvalue weighted by Gasteiger charge is 2.27. The third kappa shape index (κ3) is 3.83. The average molecular weight is 292 g/mol. The van der Waals surface area contributed by atoms with Crippen molar-refractivity contribution in [3.8, 4) is 0 Å². The van der Waals surface area contributed by atoms with Crippen molar-refractivity contribution in [3.63, 3.8) is 0 Å². The van der Waals surface area contributed by atoms with Crippen LogP contribution in [0.25, 0.3) is 0 Å². The Bertz CT molecular complexity index is 375. The van der Waals surface area contributed by atoms with Crippen molar-refractivity contribution in [2.75, 3.05) is 13.1 Å². The lowest BCUT2D eigenvalue weighted by Gasteiger charge is -2.34. The smallest absolute Gasteiger partial charge is 0.272 e. The van der Waals surface area contributed by atoms with Gasteiger partial charge in [0, 0.05) is 25.3 Å². The van der Waals surface area contributed by atoms with E-state index in [1.807, 2.05) is 17.0 Å². The van der Waals surface area contributed by atoms with Gasteiger partial charge >= 0.3 is 0 Å². The molecule has 0 bridgehead atoms. The molecule has 1 aliphatic heterocycles. The van der Waals surface area contributed by atoms with Crippen molar-refractivity contribution < 1.29 is 4.79 Å². The Morgan fingerprint density at radius 3 is 2.72 bits per heavy atom. The van der Waals surface area contributed by atoms with Crippen LogP contribution in [-0.4, -0.2) is 34.9 Å². The van der Waals surface area contributed by atoms with E-state index >= 15 is 0 Å². The Labute approximate surface area is 120 Å². The lowest BCUT2D eigenvalue weighted by Crippen LogP contribution is -2.48. The highest BCUT2D eigenvalue weighted by atomic mass is 35.5. The first-order valence-electron chi connectivity index (χ1n) is 5.64. The number of hydrogen-bond acceptors (Lipinski definition) is 3. The fourth-order valence-electron chi connectivity index (χ4n) is 2.00. The van der Waals surface area contributed by atoms with E-state index in [2.05, 4.69) is 11.9 Å². The summed E-state index contributed by atoms with van der Waals surface area (Å²) in [7, 11) is 0. The average Bonchev–Trinajstić information content (AvgIpc) is 2.33. The number of nitrogens with two attached hydrogens (primary N) is 1. The van der Waals surface area contributed by atoms with Crippen LogP contribution in [0.15, 0.2) is 24.4 Å². The maximum atomic E-state index is 12.1. The molecular weight excluding hydrogens is 273 g/mol. The van der Waals surface area contributed by atoms with E-state index in [9.17, 15) is 4.79 Å². The fraction of sp³-hybridized carbons (Fsp3) is 0.500. The minimum absolute atomic E-state index is 0. The zero-order valence-electron chi connectivity index (χ0n) is 10.3. The van der Waals surface area contributed by atoms with Crippen molar-refractivity contribution in [2.24, 2.45) is 11.7 Å². The largest absolute Gasteiger partial charge is 0.337 e. The summed E-state index contributed by atoms with van der Waals surface area (Å²) in [6, 6.07) is 5.61. The van der Waals surface area contributed by atoms with Gasteiger partial charge in [0.25, 0.3) is 5.91 Å². The summed E-state index contributed by atoms with van der Waals surface area (Å²) in [5.74, 6) is 0.376. The molecular formula is C12H19Cl2N3O. The van der Waals surface area contributed by atoms with Crippen LogP contribution in [0.1, 0.15) is 23.8 Å². The van der Waals surface area contributed by atoms with E-state index in [0.29, 0.717) is 11.6 Å². The van der Waals surface area contributed by atoms with Crippen molar-refractivity contribution in [3.05, 3.63) is 30.1 Å². The number of piperidine rings is 1. The zero-order valence-corrected chi connectivity index (χ0v) is 11.9. The number of halogens is 2. The summed E-state index contributed by atoms with van der Waals surface area (Å²) in [6.07, 6.45) is 2.52. The number of rotatable bonds is 1. The van der Waals surface area contributed by atoms with E-state index in [0.717, 1.165) is 19.5 Å². The van der Waals surface area contributed by atoms with Crippen LogP contribution >= 0.6 is 24.8 Å². The molecule has 102 valence electrons. The molecule has 18 heavy (non-hydrogen) atoms. The second kappa shape index (κ2) is 7.56. The van der Waals surface area contributed by atoms with Crippen molar-refractivity contribution in [1.29, 1.82) is 0 Å². The first kappa shape index (κ1) is 17.2. The summed E-state index contributed by atoms with van der Waals surface area (Å²) < 4.78 is 0. The molecule has 1 saturated heterocycles. The van der Waals surface area contributed by atoms with Crippen molar-refractivity contribution in [1.82, 2.24) is 9.88 Å². The van der Waals surface area contributed by atoms with E-state index in [4.69, 9.17) is 5.73 Å². The lowest BCUT2D eigenvalue weighted by molar-refractivity contribution is 0.0658. The number of hydrogen-bond donors (Lipinski definition) is 1. The maximum Gasteiger partial charge on any atom is 0.272 e. The maximum absolute atomic E-state index is 12.1. The molecule has 2 heterocycles. The molecule has 1 fully saturated rings. The molecule has 0 saturated carbocycles. The third-order valence-electron chi connectivity index (χ3n) is 3.14. The standard InChI is InChI=1S/C12H17N3O.2ClH/c1-9-8-15(7-5-10(9)13)12(16)11-4-2-3-6-14-11;;/h2-4,6,9-10H,5,7-8,13H2,1H3;2*1H. The second-order valence-corrected chi connectivity index (χ2v) is 4.40. The third-order valence-corrected chi connectivity index (χ3v) is 3.14. The Morgan fingerprint density at radius 1 is 1.44 bits per heavy atom. The summed E-state index contributed by atoms with van der Waals surface area (Å²) >= 11 is 0. The normalized spacial score (nSPS) is 22.7. The zero-order chi connectivity index (χ0) is 11.5. The van der Waals surface area contributed by atoms with Gasteiger partial charge in [-0.15, -0.1) is 24.8 Å². The Kier molecular flexibility index (Phi) is 7.21. The Morgan fingerprint density at radius 2 is 2.17 bits per heavy atom. The highest BCUT2D eigenvalue weighted by molar-refractivity contribution is 5.92. The molecule has 0 spiro atoms. The molecule has 2 N–H and O–H groups in total. The first-order chi connectivity index (χ1) is 7.68. The molecule has 1 aromatic heterocycles. The molecule has 6 heteroatoms. The van der Waals surface area contributed by atoms with Gasteiger partial charge in [-0.05, 0) is 24.5 Å². The number of carbonyl (C=O) groups is 1. The number of carbonyl (C=O) groups excluding carboxylic acids is 1. The summed E-state index contributed by atoms with van der Waals surface area (Å²) in [6.45, 7) is 3.56. The summed E-state index contributed by atoms with van der Waals surface area (Å²) in [5, 5.41) is 0. The molecule has 2 rings (SSSR count). The van der Waals surface area contributed by atoms with Crippen molar-refractivity contribution in [2.45, 2.75) is 19.4 Å². The number of nitrogens with zero attached hydrogens (tertiary/aromatic N) is 2. The predicted octanol–water partition coefficient (Wildman–Crippen LogP) is 1.73. The number of pyridine rings is 1. The van der Waals surface area contributed by atoms with Crippen LogP contribution in [0.2, 0.25) is 0 Å². The quantitative estimate of drug-likeness (QED) is 0.857. The molecule has 4 nitrogen and oxygen atoms in total. The van der Waals surface area contributed by atoms with Crippen LogP contribution in [-0.2, 0) is 0 Å². The molecule has 2 unspecified atom stereocenters. The van der Waals surface area contributed by atoms with E-state index in [-0.39, 0.29) is 36.8 Å². The lowest BCUT2D eigenvalue weighted by atomic mass is 9.94. The SMILES string of the molecule is CC1CN(C(=O)c2ccccn2)CCC1N.Cl.Cl. The molecule has 1 aliphatic rings. The highest BCUT2D eigenvalue weighted by Crippen LogP contribution is 2.16. The molecule has 1 aromatic rings. The topological polar surface area (TPSA) is 59.2 Å². The van der Waals surface area contributed by atoms with Crippen LogP contribution in [0.5, 0.6) is 0 Å². The first-order valence-corrected chi connectivity index (χ1v) is 5.64. The van der Waals surface area contributed by atoms with Gasteiger partial charge in [-0.1, -0.05) is 13.0 Å². The Hall–Kier alpha value is -0.840. The van der Waals surface area contributed by atoms with Gasteiger partial charge in [0.05, 0.1) is 0 Å². The van der Waals surface area contributed by atoms with Crippen LogP contribution in [0, 0.1) is 5.92 Å². The number of amides is 1. The Balaban J connectivity index is 0.00000144. The van der Waals surface area contributed by atoms with Crippen LogP contribution < -0.4 is 5.73 Å². The van der Waals surface area contributed by atoms with E-state index < -0.39 is 0 Å². The second-order valence-electron chi connectivity index (χ2n) is 4.40.